The number of aliphatic carboxylic acids is 1. The van der Waals surface area contributed by atoms with E-state index in [4.69, 9.17) is 19.3 Å². The SMILES string of the molecule is COc1cccc(OC)c1OC1CCN(C(=O)C2CCC2C(=O)O)CC1. The van der Waals surface area contributed by atoms with Crippen LogP contribution in [0.2, 0.25) is 0 Å². The van der Waals surface area contributed by atoms with Gasteiger partial charge in [0, 0.05) is 25.9 Å². The highest BCUT2D eigenvalue weighted by Crippen LogP contribution is 2.39. The summed E-state index contributed by atoms with van der Waals surface area (Å²) in [6.07, 6.45) is 2.61. The number of rotatable bonds is 6. The molecular formula is C19H25NO6. The van der Waals surface area contributed by atoms with Crippen LogP contribution in [0.4, 0.5) is 0 Å². The number of likely N-dealkylation sites (tertiary alicyclic amines) is 1. The number of para-hydroxylation sites is 1. The van der Waals surface area contributed by atoms with Gasteiger partial charge in [0.15, 0.2) is 11.5 Å². The lowest BCUT2D eigenvalue weighted by molar-refractivity contribution is -0.157. The van der Waals surface area contributed by atoms with E-state index < -0.39 is 11.9 Å². The second-order valence-electron chi connectivity index (χ2n) is 6.76. The zero-order chi connectivity index (χ0) is 18.7. The van der Waals surface area contributed by atoms with Crippen molar-refractivity contribution in [2.75, 3.05) is 27.3 Å². The number of methoxy groups -OCH3 is 2. The highest BCUT2D eigenvalue weighted by Gasteiger charge is 2.43. The number of ether oxygens (including phenoxy) is 3. The smallest absolute Gasteiger partial charge is 0.307 e. The van der Waals surface area contributed by atoms with Gasteiger partial charge in [0.1, 0.15) is 6.10 Å². The number of amides is 1. The van der Waals surface area contributed by atoms with Crippen molar-refractivity contribution < 1.29 is 28.9 Å². The first-order valence-electron chi connectivity index (χ1n) is 8.94. The topological polar surface area (TPSA) is 85.3 Å². The van der Waals surface area contributed by atoms with Gasteiger partial charge in [0.05, 0.1) is 26.1 Å². The van der Waals surface area contributed by atoms with E-state index in [0.29, 0.717) is 56.0 Å². The molecule has 7 nitrogen and oxygen atoms in total. The fourth-order valence-electron chi connectivity index (χ4n) is 3.62. The number of piperidine rings is 1. The average molecular weight is 363 g/mol. The molecule has 3 rings (SSSR count). The number of carboxylic acids is 1. The second-order valence-corrected chi connectivity index (χ2v) is 6.76. The lowest BCUT2D eigenvalue weighted by Gasteiger charge is -2.39. The molecule has 1 heterocycles. The van der Waals surface area contributed by atoms with Crippen molar-refractivity contribution in [3.05, 3.63) is 18.2 Å². The number of carbonyl (C=O) groups is 2. The summed E-state index contributed by atoms with van der Waals surface area (Å²) in [4.78, 5) is 25.5. The lowest BCUT2D eigenvalue weighted by Crippen LogP contribution is -2.49. The highest BCUT2D eigenvalue weighted by atomic mass is 16.5. The van der Waals surface area contributed by atoms with Gasteiger partial charge in [0.25, 0.3) is 0 Å². The van der Waals surface area contributed by atoms with Crippen molar-refractivity contribution in [1.29, 1.82) is 0 Å². The molecule has 2 atom stereocenters. The van der Waals surface area contributed by atoms with Gasteiger partial charge in [-0.15, -0.1) is 0 Å². The molecule has 1 N–H and O–H groups in total. The molecule has 1 saturated heterocycles. The molecule has 26 heavy (non-hydrogen) atoms. The van der Waals surface area contributed by atoms with Gasteiger partial charge in [-0.3, -0.25) is 9.59 Å². The van der Waals surface area contributed by atoms with Gasteiger partial charge in [-0.1, -0.05) is 6.07 Å². The Bertz CT molecular complexity index is 646. The quantitative estimate of drug-likeness (QED) is 0.834. The first-order valence-corrected chi connectivity index (χ1v) is 8.94. The van der Waals surface area contributed by atoms with Crippen molar-refractivity contribution >= 4 is 11.9 Å². The van der Waals surface area contributed by atoms with Crippen molar-refractivity contribution in [2.45, 2.75) is 31.8 Å². The molecule has 1 aromatic rings. The van der Waals surface area contributed by atoms with Gasteiger partial charge in [-0.25, -0.2) is 0 Å². The molecule has 0 bridgehead atoms. The minimum Gasteiger partial charge on any atom is -0.493 e. The van der Waals surface area contributed by atoms with Crippen molar-refractivity contribution in [3.8, 4) is 17.2 Å². The minimum atomic E-state index is -0.865. The van der Waals surface area contributed by atoms with Crippen LogP contribution in [0.3, 0.4) is 0 Å². The van der Waals surface area contributed by atoms with E-state index in [1.54, 1.807) is 19.1 Å². The van der Waals surface area contributed by atoms with Gasteiger partial charge < -0.3 is 24.2 Å². The van der Waals surface area contributed by atoms with Crippen molar-refractivity contribution in [2.24, 2.45) is 11.8 Å². The molecule has 142 valence electrons. The predicted molar refractivity (Wildman–Crippen MR) is 93.6 cm³/mol. The van der Waals surface area contributed by atoms with Gasteiger partial charge in [0.2, 0.25) is 11.7 Å². The van der Waals surface area contributed by atoms with Crippen molar-refractivity contribution in [1.82, 2.24) is 4.90 Å². The van der Waals surface area contributed by atoms with E-state index in [0.717, 1.165) is 0 Å². The van der Waals surface area contributed by atoms with Crippen LogP contribution in [0.5, 0.6) is 17.2 Å². The summed E-state index contributed by atoms with van der Waals surface area (Å²) in [6, 6.07) is 5.47. The average Bonchev–Trinajstić information content (AvgIpc) is 2.61. The molecule has 2 aliphatic rings. The van der Waals surface area contributed by atoms with E-state index in [1.807, 2.05) is 18.2 Å². The van der Waals surface area contributed by atoms with Gasteiger partial charge in [-0.2, -0.15) is 0 Å². The Morgan fingerprint density at radius 2 is 1.58 bits per heavy atom. The maximum atomic E-state index is 12.5. The van der Waals surface area contributed by atoms with Crippen molar-refractivity contribution in [3.63, 3.8) is 0 Å². The number of hydrogen-bond acceptors (Lipinski definition) is 5. The number of hydrogen-bond donors (Lipinski definition) is 1. The summed E-state index contributed by atoms with van der Waals surface area (Å²) < 4.78 is 16.8. The molecular weight excluding hydrogens is 338 g/mol. The highest BCUT2D eigenvalue weighted by molar-refractivity contribution is 5.86. The summed E-state index contributed by atoms with van der Waals surface area (Å²) in [5.41, 5.74) is 0. The number of carboxylic acid groups (broad SMARTS) is 1. The molecule has 2 unspecified atom stereocenters. The molecule has 1 aliphatic carbocycles. The van der Waals surface area contributed by atoms with E-state index in [-0.39, 0.29) is 17.9 Å². The Labute approximate surface area is 152 Å². The van der Waals surface area contributed by atoms with Crippen LogP contribution in [0.25, 0.3) is 0 Å². The third-order valence-electron chi connectivity index (χ3n) is 5.33. The van der Waals surface area contributed by atoms with Crippen LogP contribution in [-0.4, -0.2) is 55.3 Å². The summed E-state index contributed by atoms with van der Waals surface area (Å²) in [5.74, 6) is 0.0251. The zero-order valence-corrected chi connectivity index (χ0v) is 15.1. The Hall–Kier alpha value is -2.44. The summed E-state index contributed by atoms with van der Waals surface area (Å²) in [6.45, 7) is 1.15. The van der Waals surface area contributed by atoms with E-state index in [2.05, 4.69) is 0 Å². The van der Waals surface area contributed by atoms with Gasteiger partial charge in [-0.05, 0) is 25.0 Å². The Balaban J connectivity index is 1.58. The first-order chi connectivity index (χ1) is 12.5. The standard InChI is InChI=1S/C19H25NO6/c1-24-15-4-3-5-16(25-2)17(15)26-12-8-10-20(11-9-12)18(21)13-6-7-14(13)19(22)23/h3-5,12-14H,6-11H2,1-2H3,(H,22,23). The number of nitrogens with zero attached hydrogens (tertiary/aromatic N) is 1. The van der Waals surface area contributed by atoms with Crippen LogP contribution in [0.15, 0.2) is 18.2 Å². The van der Waals surface area contributed by atoms with Crippen LogP contribution < -0.4 is 14.2 Å². The largest absolute Gasteiger partial charge is 0.493 e. The summed E-state index contributed by atoms with van der Waals surface area (Å²) >= 11 is 0. The fourth-order valence-corrected chi connectivity index (χ4v) is 3.62. The summed E-state index contributed by atoms with van der Waals surface area (Å²) in [7, 11) is 3.17. The van der Waals surface area contributed by atoms with E-state index >= 15 is 0 Å². The second kappa shape index (κ2) is 7.85. The molecule has 0 spiro atoms. The normalized spacial score (nSPS) is 23.1. The lowest BCUT2D eigenvalue weighted by atomic mass is 9.72. The molecule has 1 aromatic carbocycles. The maximum absolute atomic E-state index is 12.5. The molecule has 7 heteroatoms. The molecule has 1 aliphatic heterocycles. The number of benzene rings is 1. The summed E-state index contributed by atoms with van der Waals surface area (Å²) in [5, 5.41) is 9.14. The van der Waals surface area contributed by atoms with Crippen LogP contribution >= 0.6 is 0 Å². The van der Waals surface area contributed by atoms with Gasteiger partial charge >= 0.3 is 5.97 Å². The number of carbonyl (C=O) groups excluding carboxylic acids is 1. The third kappa shape index (κ3) is 3.57. The molecule has 1 saturated carbocycles. The fraction of sp³-hybridized carbons (Fsp3) is 0.579. The Morgan fingerprint density at radius 3 is 2.04 bits per heavy atom. The molecule has 2 fully saturated rings. The molecule has 1 amide bonds. The molecule has 0 radical (unpaired) electrons. The Morgan fingerprint density at radius 1 is 1.00 bits per heavy atom. The van der Waals surface area contributed by atoms with Crippen LogP contribution in [-0.2, 0) is 9.59 Å². The monoisotopic (exact) mass is 363 g/mol. The zero-order valence-electron chi connectivity index (χ0n) is 15.1. The third-order valence-corrected chi connectivity index (χ3v) is 5.33. The minimum absolute atomic E-state index is 0.0306. The Kier molecular flexibility index (Phi) is 5.54. The van der Waals surface area contributed by atoms with E-state index in [1.165, 1.54) is 0 Å². The maximum Gasteiger partial charge on any atom is 0.307 e. The predicted octanol–water partition coefficient (Wildman–Crippen LogP) is 2.18. The first kappa shape index (κ1) is 18.4. The molecule has 0 aromatic heterocycles. The van der Waals surface area contributed by atoms with E-state index in [9.17, 15) is 9.59 Å². The van der Waals surface area contributed by atoms with Crippen LogP contribution in [0, 0.1) is 11.8 Å². The van der Waals surface area contributed by atoms with Crippen LogP contribution in [0.1, 0.15) is 25.7 Å².